The van der Waals surface area contributed by atoms with Crippen molar-refractivity contribution in [3.8, 4) is 5.75 Å². The van der Waals surface area contributed by atoms with Gasteiger partial charge in [-0.05, 0) is 0 Å². The van der Waals surface area contributed by atoms with E-state index >= 15 is 0 Å². The van der Waals surface area contributed by atoms with E-state index in [1.165, 1.54) is 61.5 Å². The van der Waals surface area contributed by atoms with Crippen molar-refractivity contribution in [2.75, 3.05) is 7.11 Å². The first-order valence-corrected chi connectivity index (χ1v) is 11.8. The third-order valence-electron chi connectivity index (χ3n) is 4.39. The molecular formula is C19H33NOSn. The number of nitrogens with zero attached hydrogens (tertiary/aromatic N) is 1. The van der Waals surface area contributed by atoms with Gasteiger partial charge in [0.05, 0.1) is 0 Å². The van der Waals surface area contributed by atoms with Crippen LogP contribution in [0.15, 0.2) is 18.3 Å². The Bertz CT molecular complexity index is 386. The van der Waals surface area contributed by atoms with Gasteiger partial charge in [0, 0.05) is 0 Å². The molecule has 0 bridgehead atoms. The molecule has 0 fully saturated rings. The fourth-order valence-corrected chi connectivity index (χ4v) is 8.13. The van der Waals surface area contributed by atoms with Crippen LogP contribution >= 0.6 is 0 Å². The van der Waals surface area contributed by atoms with Crippen molar-refractivity contribution in [1.29, 1.82) is 0 Å². The van der Waals surface area contributed by atoms with Crippen LogP contribution < -0.4 is 8.45 Å². The summed E-state index contributed by atoms with van der Waals surface area (Å²) in [5.41, 5.74) is 0. The molecule has 1 heterocycles. The minimum atomic E-state index is -0.720. The van der Waals surface area contributed by atoms with Crippen molar-refractivity contribution >= 4 is 24.9 Å². The molecule has 0 aliphatic rings. The van der Waals surface area contributed by atoms with Crippen molar-refractivity contribution in [3.63, 3.8) is 0 Å². The number of rotatable bonds is 12. The van der Waals surface area contributed by atoms with Crippen LogP contribution in [-0.4, -0.2) is 33.2 Å². The molecule has 2 nitrogen and oxygen atoms in total. The van der Waals surface area contributed by atoms with Crippen LogP contribution in [0.5, 0.6) is 5.75 Å². The molecule has 0 unspecified atom stereocenters. The van der Waals surface area contributed by atoms with E-state index < -0.39 is 21.1 Å². The Labute approximate surface area is 147 Å². The molecule has 2 radical (unpaired) electrons. The van der Waals surface area contributed by atoms with Gasteiger partial charge in [0.25, 0.3) is 0 Å². The van der Waals surface area contributed by atoms with Crippen LogP contribution in [0, 0.1) is 0 Å². The maximum absolute atomic E-state index is 5.40. The van der Waals surface area contributed by atoms with E-state index in [1.807, 2.05) is 12.3 Å². The van der Waals surface area contributed by atoms with Gasteiger partial charge in [-0.25, -0.2) is 0 Å². The van der Waals surface area contributed by atoms with E-state index in [0.29, 0.717) is 3.43 Å². The van der Waals surface area contributed by atoms with Crippen molar-refractivity contribution in [2.45, 2.75) is 82.0 Å². The molecule has 0 N–H and O–H groups in total. The number of unbranched alkanes of at least 4 members (excludes halogenated alkanes) is 3. The predicted molar refractivity (Wildman–Crippen MR) is 97.4 cm³/mol. The van der Waals surface area contributed by atoms with Gasteiger partial charge in [0.2, 0.25) is 0 Å². The summed E-state index contributed by atoms with van der Waals surface area (Å²) in [6, 6.07) is 4.17. The Hall–Kier alpha value is -0.251. The van der Waals surface area contributed by atoms with Crippen LogP contribution in [0.4, 0.5) is 0 Å². The Morgan fingerprint density at radius 1 is 1.00 bits per heavy atom. The van der Waals surface area contributed by atoms with Crippen molar-refractivity contribution in [2.24, 2.45) is 0 Å². The minimum absolute atomic E-state index is 0.602. The van der Waals surface area contributed by atoms with E-state index in [1.54, 1.807) is 7.11 Å². The summed E-state index contributed by atoms with van der Waals surface area (Å²) in [7, 11) is 1.75. The fourth-order valence-electron chi connectivity index (χ4n) is 2.99. The first-order valence-electron chi connectivity index (χ1n) is 8.98. The number of hydrogen-bond acceptors (Lipinski definition) is 2. The van der Waals surface area contributed by atoms with Gasteiger partial charge in [0.15, 0.2) is 0 Å². The van der Waals surface area contributed by atoms with Crippen molar-refractivity contribution < 1.29 is 4.74 Å². The first kappa shape index (κ1) is 19.8. The van der Waals surface area contributed by atoms with Crippen LogP contribution in [-0.2, 0) is 0 Å². The summed E-state index contributed by atoms with van der Waals surface area (Å²) >= 11 is -0.720. The second-order valence-corrected chi connectivity index (χ2v) is 11.5. The van der Waals surface area contributed by atoms with Gasteiger partial charge in [-0.2, -0.15) is 0 Å². The van der Waals surface area contributed by atoms with Crippen LogP contribution in [0.25, 0.3) is 0 Å². The SMILES string of the molecule is CCCC[C](CCCC)(CCCC)[Sn][c]1cc(OC)ccn1. The van der Waals surface area contributed by atoms with E-state index in [9.17, 15) is 0 Å². The molecule has 0 saturated carbocycles. The normalized spacial score (nSPS) is 11.6. The first-order chi connectivity index (χ1) is 10.7. The summed E-state index contributed by atoms with van der Waals surface area (Å²) in [4.78, 5) is 4.69. The second-order valence-electron chi connectivity index (χ2n) is 6.30. The summed E-state index contributed by atoms with van der Waals surface area (Å²) in [5.74, 6) is 0.973. The predicted octanol–water partition coefficient (Wildman–Crippen LogP) is 5.15. The molecule has 0 saturated heterocycles. The zero-order valence-electron chi connectivity index (χ0n) is 15.0. The summed E-state index contributed by atoms with van der Waals surface area (Å²) in [6.07, 6.45) is 14.2. The molecule has 124 valence electrons. The molecule has 1 rings (SSSR count). The molecule has 0 amide bonds. The molecule has 3 heteroatoms. The Morgan fingerprint density at radius 3 is 2.00 bits per heavy atom. The third-order valence-corrected chi connectivity index (χ3v) is 9.55. The van der Waals surface area contributed by atoms with E-state index in [0.717, 1.165) is 5.75 Å². The fraction of sp³-hybridized carbons (Fsp3) is 0.737. The molecule has 0 aliphatic heterocycles. The Morgan fingerprint density at radius 2 is 1.55 bits per heavy atom. The van der Waals surface area contributed by atoms with Crippen LogP contribution in [0.1, 0.15) is 78.6 Å². The standard InChI is InChI=1S/C13H27.C6H6NO.Sn/c1-4-7-10-13(11-8-5-2)12-9-6-3;1-8-6-2-4-7-5-3-6;/h4-12H2,1-3H3;2-4H,1H3;. The van der Waals surface area contributed by atoms with Gasteiger partial charge in [0.1, 0.15) is 0 Å². The average molecular weight is 410 g/mol. The van der Waals surface area contributed by atoms with Gasteiger partial charge in [-0.3, -0.25) is 0 Å². The third kappa shape index (κ3) is 6.89. The molecular weight excluding hydrogens is 377 g/mol. The zero-order valence-corrected chi connectivity index (χ0v) is 17.8. The topological polar surface area (TPSA) is 22.1 Å². The zero-order chi connectivity index (χ0) is 16.3. The quantitative estimate of drug-likeness (QED) is 0.445. The molecule has 1 aromatic heterocycles. The number of aromatic nitrogens is 1. The summed E-state index contributed by atoms with van der Waals surface area (Å²) < 4.78 is 7.37. The number of ether oxygens (including phenoxy) is 1. The van der Waals surface area contributed by atoms with Gasteiger partial charge in [-0.15, -0.1) is 0 Å². The van der Waals surface area contributed by atoms with E-state index in [-0.39, 0.29) is 0 Å². The second kappa shape index (κ2) is 11.3. The number of hydrogen-bond donors (Lipinski definition) is 0. The maximum atomic E-state index is 5.40. The van der Waals surface area contributed by atoms with E-state index in [2.05, 4.69) is 26.8 Å². The number of pyridine rings is 1. The van der Waals surface area contributed by atoms with Crippen molar-refractivity contribution in [3.05, 3.63) is 18.3 Å². The summed E-state index contributed by atoms with van der Waals surface area (Å²) in [6.45, 7) is 6.96. The Kier molecular flexibility index (Phi) is 10.2. The van der Waals surface area contributed by atoms with Gasteiger partial charge < -0.3 is 0 Å². The molecule has 0 spiro atoms. The van der Waals surface area contributed by atoms with Crippen LogP contribution in [0.2, 0.25) is 3.43 Å². The van der Waals surface area contributed by atoms with Crippen molar-refractivity contribution in [1.82, 2.24) is 4.98 Å². The monoisotopic (exact) mass is 411 g/mol. The van der Waals surface area contributed by atoms with Crippen LogP contribution in [0.3, 0.4) is 0 Å². The Balaban J connectivity index is 2.92. The molecule has 22 heavy (non-hydrogen) atoms. The summed E-state index contributed by atoms with van der Waals surface area (Å²) in [5, 5.41) is 0. The average Bonchev–Trinajstić information content (AvgIpc) is 2.56. The molecule has 1 aromatic rings. The molecule has 0 aliphatic carbocycles. The molecule has 0 atom stereocenters. The van der Waals surface area contributed by atoms with Gasteiger partial charge in [-0.1, -0.05) is 0 Å². The molecule has 0 aromatic carbocycles. The number of methoxy groups -OCH3 is 1. The van der Waals surface area contributed by atoms with Gasteiger partial charge >= 0.3 is 148 Å². The van der Waals surface area contributed by atoms with E-state index in [4.69, 9.17) is 9.72 Å².